The number of aldehydes is 1. The minimum absolute atomic E-state index is 0. The number of hydrogen-bond acceptors (Lipinski definition) is 19. The van der Waals surface area contributed by atoms with Crippen LogP contribution in [0.3, 0.4) is 0 Å². The van der Waals surface area contributed by atoms with Crippen LogP contribution in [-0.4, -0.2) is 186 Å². The van der Waals surface area contributed by atoms with E-state index in [0.717, 1.165) is 6.92 Å². The quantitative estimate of drug-likeness (QED) is 0.0575. The van der Waals surface area contributed by atoms with Gasteiger partial charge in [-0.25, -0.2) is 0 Å². The molecule has 0 aromatic rings. The Bertz CT molecular complexity index is 934. The fourth-order valence-corrected chi connectivity index (χ4v) is 4.70. The van der Waals surface area contributed by atoms with E-state index in [1.54, 1.807) is 0 Å². The first kappa shape index (κ1) is 41.0. The molecule has 0 bridgehead atoms. The van der Waals surface area contributed by atoms with Gasteiger partial charge in [-0.3, -0.25) is 4.79 Å². The van der Waals surface area contributed by atoms with Gasteiger partial charge in [0, 0.05) is 13.3 Å². The number of carboxylic acid groups (broad SMARTS) is 1. The molecule has 2 saturated heterocycles. The summed E-state index contributed by atoms with van der Waals surface area (Å²) < 4.78 is 21.3. The molecular formula is C23H38NNaO19. The predicted octanol–water partition coefficient (Wildman–Crippen LogP) is -12.7. The van der Waals surface area contributed by atoms with Crippen molar-refractivity contribution in [3.8, 4) is 0 Å². The Morgan fingerprint density at radius 2 is 1.64 bits per heavy atom. The molecule has 2 aliphatic rings. The molecule has 0 saturated carbocycles. The molecule has 0 aliphatic carbocycles. The smallest absolute Gasteiger partial charge is 0.544 e. The van der Waals surface area contributed by atoms with Crippen LogP contribution < -0.4 is 40.0 Å². The van der Waals surface area contributed by atoms with E-state index in [2.05, 4.69) is 5.32 Å². The number of aliphatic hydroxyl groups is 11. The number of carbonyl (C=O) groups is 3. The largest absolute Gasteiger partial charge is 1.00 e. The molecule has 12 N–H and O–H groups in total. The molecule has 44 heavy (non-hydrogen) atoms. The van der Waals surface area contributed by atoms with Gasteiger partial charge in [-0.1, -0.05) is 0 Å². The van der Waals surface area contributed by atoms with Gasteiger partial charge >= 0.3 is 29.6 Å². The summed E-state index contributed by atoms with van der Waals surface area (Å²) in [5.41, 5.74) is 0. The van der Waals surface area contributed by atoms with Crippen molar-refractivity contribution in [1.29, 1.82) is 0 Å². The van der Waals surface area contributed by atoms with Crippen molar-refractivity contribution < 1.29 is 124 Å². The normalized spacial score (nSPS) is 36.5. The first-order chi connectivity index (χ1) is 20.1. The third-order valence-corrected chi connectivity index (χ3v) is 7.00. The molecule has 0 spiro atoms. The van der Waals surface area contributed by atoms with Gasteiger partial charge in [-0.2, -0.15) is 0 Å². The first-order valence-electron chi connectivity index (χ1n) is 13.0. The standard InChI is InChI=1S/C23H39NO19.Na/c1-7(29)24-13-8(30)2-23(22(38)39,42-19(13)15(35)10(32)4-26)43-20-16(36)12(6-28)40-21(17(20)37)41-18(11(33)5-27)14(34)9(31)3-25;/h3,8-21,26-28,30-37H,2,4-6H2,1H3,(H,24,29)(H,38,39);/q;+1/p-1/t8-,9-,10+,11+,12+,13?,14+,15+,16-,17+,18+,19+,20-,21-,23-;/m0./s1. The van der Waals surface area contributed by atoms with Crippen molar-refractivity contribution in [3.63, 3.8) is 0 Å². The zero-order chi connectivity index (χ0) is 32.8. The van der Waals surface area contributed by atoms with E-state index in [1.165, 1.54) is 0 Å². The second kappa shape index (κ2) is 17.8. The predicted molar refractivity (Wildman–Crippen MR) is 129 cm³/mol. The topological polar surface area (TPSA) is 346 Å². The Balaban J connectivity index is 0.00000968. The number of aliphatic carboxylic acids is 1. The van der Waals surface area contributed by atoms with Crippen molar-refractivity contribution >= 4 is 18.2 Å². The molecular weight excluding hydrogens is 617 g/mol. The van der Waals surface area contributed by atoms with Crippen LogP contribution in [0.4, 0.5) is 0 Å². The molecule has 0 radical (unpaired) electrons. The van der Waals surface area contributed by atoms with Crippen molar-refractivity contribution in [1.82, 2.24) is 5.32 Å². The summed E-state index contributed by atoms with van der Waals surface area (Å²) >= 11 is 0. The van der Waals surface area contributed by atoms with E-state index in [1.807, 2.05) is 0 Å². The van der Waals surface area contributed by atoms with E-state index >= 15 is 0 Å². The van der Waals surface area contributed by atoms with Gasteiger partial charge in [0.25, 0.3) is 0 Å². The Kier molecular flexibility index (Phi) is 16.6. The summed E-state index contributed by atoms with van der Waals surface area (Å²) in [6, 6.07) is -1.60. The zero-order valence-electron chi connectivity index (χ0n) is 23.7. The van der Waals surface area contributed by atoms with E-state index in [-0.39, 0.29) is 35.8 Å². The van der Waals surface area contributed by atoms with Gasteiger partial charge in [-0.15, -0.1) is 0 Å². The van der Waals surface area contributed by atoms with Crippen LogP contribution in [-0.2, 0) is 33.3 Å². The molecule has 20 nitrogen and oxygen atoms in total. The number of hydrogen-bond donors (Lipinski definition) is 12. The maximum atomic E-state index is 12.4. The Labute approximate surface area is 271 Å². The summed E-state index contributed by atoms with van der Waals surface area (Å²) in [5.74, 6) is -6.22. The maximum Gasteiger partial charge on any atom is 1.00 e. The molecule has 0 aromatic carbocycles. The molecule has 0 aromatic heterocycles. The molecule has 1 unspecified atom stereocenters. The van der Waals surface area contributed by atoms with E-state index in [4.69, 9.17) is 18.9 Å². The number of carbonyl (C=O) groups excluding carboxylic acids is 3. The Hall–Kier alpha value is -0.990. The van der Waals surface area contributed by atoms with Crippen molar-refractivity contribution in [2.75, 3.05) is 19.8 Å². The SMILES string of the molecule is CC(=O)NC1[C@H]([C@H](O)[C@H](O)CO)O[C@@](O[C@H]2[C@@H](O)[C@@H](CO)O[C@@H](O[C@@H]([C@H](O)[C@@H](O)C=O)[C@H](O)CO)[C@@H]2O)(C(=O)[O-])C[C@@H]1O.[Na+]. The molecule has 2 fully saturated rings. The number of carboxylic acids is 1. The summed E-state index contributed by atoms with van der Waals surface area (Å²) in [5, 5.41) is 126. The van der Waals surface area contributed by atoms with Crippen LogP contribution >= 0.6 is 0 Å². The van der Waals surface area contributed by atoms with Gasteiger partial charge < -0.3 is 95.1 Å². The molecule has 2 heterocycles. The van der Waals surface area contributed by atoms with Gasteiger partial charge in [0.1, 0.15) is 73.1 Å². The van der Waals surface area contributed by atoms with Crippen LogP contribution in [0.25, 0.3) is 0 Å². The van der Waals surface area contributed by atoms with Crippen LogP contribution in [0.5, 0.6) is 0 Å². The monoisotopic (exact) mass is 655 g/mol. The number of amides is 1. The fourth-order valence-electron chi connectivity index (χ4n) is 4.70. The zero-order valence-corrected chi connectivity index (χ0v) is 25.7. The van der Waals surface area contributed by atoms with Crippen LogP contribution in [0.15, 0.2) is 0 Å². The second-order valence-electron chi connectivity index (χ2n) is 10.1. The minimum Gasteiger partial charge on any atom is -0.544 e. The Morgan fingerprint density at radius 1 is 1.05 bits per heavy atom. The molecule has 2 rings (SSSR count). The van der Waals surface area contributed by atoms with Crippen LogP contribution in [0.2, 0.25) is 0 Å². The van der Waals surface area contributed by atoms with Gasteiger partial charge in [-0.05, 0) is 0 Å². The van der Waals surface area contributed by atoms with Gasteiger partial charge in [0.2, 0.25) is 11.7 Å². The number of rotatable bonds is 15. The first-order valence-corrected chi connectivity index (χ1v) is 13.0. The van der Waals surface area contributed by atoms with E-state index < -0.39 is 129 Å². The van der Waals surface area contributed by atoms with Crippen molar-refractivity contribution in [3.05, 3.63) is 0 Å². The second-order valence-corrected chi connectivity index (χ2v) is 10.1. The van der Waals surface area contributed by atoms with Gasteiger partial charge in [0.05, 0.1) is 32.0 Å². The summed E-state index contributed by atoms with van der Waals surface area (Å²) in [7, 11) is 0. The van der Waals surface area contributed by atoms with Crippen molar-refractivity contribution in [2.45, 2.75) is 105 Å². The average molecular weight is 656 g/mol. The average Bonchev–Trinajstić information content (AvgIpc) is 2.97. The molecule has 21 heteroatoms. The van der Waals surface area contributed by atoms with E-state index in [0.29, 0.717) is 0 Å². The number of ether oxygens (including phenoxy) is 4. The van der Waals surface area contributed by atoms with Crippen LogP contribution in [0.1, 0.15) is 13.3 Å². The minimum atomic E-state index is -3.18. The third-order valence-electron chi connectivity index (χ3n) is 7.00. The Morgan fingerprint density at radius 3 is 2.11 bits per heavy atom. The number of nitrogens with one attached hydrogen (secondary N) is 1. The van der Waals surface area contributed by atoms with Gasteiger partial charge in [0.15, 0.2) is 12.6 Å². The van der Waals surface area contributed by atoms with E-state index in [9.17, 15) is 75.7 Å². The molecule has 250 valence electrons. The maximum absolute atomic E-state index is 12.4. The summed E-state index contributed by atoms with van der Waals surface area (Å²) in [6.45, 7) is -2.23. The third kappa shape index (κ3) is 9.30. The van der Waals surface area contributed by atoms with Crippen molar-refractivity contribution in [2.24, 2.45) is 0 Å². The molecule has 2 aliphatic heterocycles. The fraction of sp³-hybridized carbons (Fsp3) is 0.870. The molecule has 15 atom stereocenters. The summed E-state index contributed by atoms with van der Waals surface area (Å²) in [6.07, 6.45) is -28.4. The summed E-state index contributed by atoms with van der Waals surface area (Å²) in [4.78, 5) is 35.0. The van der Waals surface area contributed by atoms with Crippen LogP contribution in [0, 0.1) is 0 Å². The molecule has 1 amide bonds. The number of aliphatic hydroxyl groups excluding tert-OH is 11.